The number of rotatable bonds is 0. The first-order valence-corrected chi connectivity index (χ1v) is 3.04. The van der Waals surface area contributed by atoms with Gasteiger partial charge in [-0.15, -0.1) is 0 Å². The third-order valence-electron chi connectivity index (χ3n) is 1.44. The molecule has 3 nitrogen and oxygen atoms in total. The number of imidazole rings is 1. The van der Waals surface area contributed by atoms with Gasteiger partial charge in [-0.3, -0.25) is 4.98 Å². The minimum atomic E-state index is 0.917. The van der Waals surface area contributed by atoms with Gasteiger partial charge in [0.2, 0.25) is 0 Å². The van der Waals surface area contributed by atoms with Crippen LogP contribution in [-0.2, 0) is 0 Å². The fraction of sp³-hybridized carbons (Fsp3) is 0.143. The number of hydrogen-bond donors (Lipinski definition) is 0. The van der Waals surface area contributed by atoms with E-state index in [1.165, 1.54) is 0 Å². The first-order valence-electron chi connectivity index (χ1n) is 3.04. The minimum Gasteiger partial charge on any atom is -0.300 e. The third kappa shape index (κ3) is 0.603. The van der Waals surface area contributed by atoms with Crippen LogP contribution in [0.3, 0.4) is 0 Å². The lowest BCUT2D eigenvalue weighted by molar-refractivity contribution is 1.03. The van der Waals surface area contributed by atoms with Crippen molar-refractivity contribution < 1.29 is 0 Å². The standard InChI is InChI=1S/C7H6N3/c1-6-9-5-7-4-8-2-3-10(6)7/h2-4H,1H3. The highest BCUT2D eigenvalue weighted by atomic mass is 15.0. The Morgan fingerprint density at radius 1 is 1.60 bits per heavy atom. The highest BCUT2D eigenvalue weighted by Crippen LogP contribution is 2.00. The molecule has 0 amide bonds. The van der Waals surface area contributed by atoms with E-state index >= 15 is 0 Å². The van der Waals surface area contributed by atoms with Gasteiger partial charge < -0.3 is 4.40 Å². The van der Waals surface area contributed by atoms with E-state index in [0.717, 1.165) is 11.3 Å². The summed E-state index contributed by atoms with van der Waals surface area (Å²) in [5.41, 5.74) is 0.917. The molecule has 0 fully saturated rings. The van der Waals surface area contributed by atoms with Gasteiger partial charge in [0.1, 0.15) is 12.0 Å². The lowest BCUT2D eigenvalue weighted by atomic mass is 10.6. The molecule has 0 N–H and O–H groups in total. The van der Waals surface area contributed by atoms with Crippen molar-refractivity contribution in [1.82, 2.24) is 14.4 Å². The zero-order valence-electron chi connectivity index (χ0n) is 5.57. The summed E-state index contributed by atoms with van der Waals surface area (Å²) in [6.07, 6.45) is 8.18. The molecule has 0 saturated heterocycles. The Morgan fingerprint density at radius 2 is 2.50 bits per heavy atom. The zero-order valence-corrected chi connectivity index (χ0v) is 5.57. The molecule has 49 valence electrons. The van der Waals surface area contributed by atoms with Gasteiger partial charge in [0.25, 0.3) is 0 Å². The van der Waals surface area contributed by atoms with Gasteiger partial charge in [-0.2, -0.15) is 0 Å². The molecule has 0 unspecified atom stereocenters. The lowest BCUT2D eigenvalue weighted by Crippen LogP contribution is -1.86. The summed E-state index contributed by atoms with van der Waals surface area (Å²) in [7, 11) is 0. The number of hydrogen-bond acceptors (Lipinski definition) is 2. The number of aromatic nitrogens is 3. The molecule has 0 saturated carbocycles. The van der Waals surface area contributed by atoms with Crippen LogP contribution in [-0.4, -0.2) is 14.4 Å². The van der Waals surface area contributed by atoms with Gasteiger partial charge >= 0.3 is 0 Å². The molecular weight excluding hydrogens is 126 g/mol. The van der Waals surface area contributed by atoms with Crippen molar-refractivity contribution in [2.75, 3.05) is 0 Å². The molecule has 0 aliphatic heterocycles. The molecule has 0 bridgehead atoms. The summed E-state index contributed by atoms with van der Waals surface area (Å²) in [5.74, 6) is 0.942. The maximum absolute atomic E-state index is 3.99. The second-order valence-electron chi connectivity index (χ2n) is 2.10. The smallest absolute Gasteiger partial charge is 0.119 e. The normalized spacial score (nSPS) is 10.5. The Hall–Kier alpha value is -1.38. The Bertz CT molecular complexity index is 350. The molecule has 0 aliphatic rings. The first kappa shape index (κ1) is 5.41. The van der Waals surface area contributed by atoms with E-state index in [1.807, 2.05) is 17.5 Å². The van der Waals surface area contributed by atoms with E-state index in [1.54, 1.807) is 12.4 Å². The summed E-state index contributed by atoms with van der Waals surface area (Å²) >= 11 is 0. The maximum atomic E-state index is 3.99. The van der Waals surface area contributed by atoms with Crippen molar-refractivity contribution >= 4 is 5.52 Å². The fourth-order valence-corrected chi connectivity index (χ4v) is 0.918. The van der Waals surface area contributed by atoms with Crippen molar-refractivity contribution in [3.8, 4) is 0 Å². The predicted octanol–water partition coefficient (Wildman–Crippen LogP) is 0.838. The van der Waals surface area contributed by atoms with Crippen LogP contribution in [0.1, 0.15) is 5.82 Å². The molecule has 3 heteroatoms. The topological polar surface area (TPSA) is 30.2 Å². The van der Waals surface area contributed by atoms with Crippen LogP contribution < -0.4 is 0 Å². The monoisotopic (exact) mass is 132 g/mol. The van der Waals surface area contributed by atoms with Gasteiger partial charge in [-0.1, -0.05) is 0 Å². The lowest BCUT2D eigenvalue weighted by Gasteiger charge is -1.90. The minimum absolute atomic E-state index is 0.917. The average Bonchev–Trinajstić information content (AvgIpc) is 2.34. The first-order chi connectivity index (χ1) is 4.88. The molecule has 1 radical (unpaired) electrons. The van der Waals surface area contributed by atoms with Crippen molar-refractivity contribution in [2.45, 2.75) is 6.92 Å². The van der Waals surface area contributed by atoms with Crippen LogP contribution >= 0.6 is 0 Å². The Kier molecular flexibility index (Phi) is 0.974. The van der Waals surface area contributed by atoms with Crippen LogP contribution in [0.25, 0.3) is 5.52 Å². The Morgan fingerprint density at radius 3 is 3.30 bits per heavy atom. The van der Waals surface area contributed by atoms with Crippen LogP contribution in [0.5, 0.6) is 0 Å². The van der Waals surface area contributed by atoms with E-state index in [2.05, 4.69) is 16.2 Å². The summed E-state index contributed by atoms with van der Waals surface area (Å²) in [6, 6.07) is 0. The molecule has 0 spiro atoms. The summed E-state index contributed by atoms with van der Waals surface area (Å²) in [4.78, 5) is 7.93. The molecule has 2 aromatic heterocycles. The van der Waals surface area contributed by atoms with E-state index in [0.29, 0.717) is 0 Å². The fourth-order valence-electron chi connectivity index (χ4n) is 0.918. The molecule has 0 atom stereocenters. The molecular formula is C7H6N3. The Labute approximate surface area is 58.4 Å². The van der Waals surface area contributed by atoms with Crippen LogP contribution in [0.2, 0.25) is 0 Å². The second kappa shape index (κ2) is 1.80. The van der Waals surface area contributed by atoms with Gasteiger partial charge in [0, 0.05) is 12.4 Å². The van der Waals surface area contributed by atoms with Crippen LogP contribution in [0, 0.1) is 13.1 Å². The molecule has 10 heavy (non-hydrogen) atoms. The number of nitrogens with zero attached hydrogens (tertiary/aromatic N) is 3. The van der Waals surface area contributed by atoms with Crippen LogP contribution in [0.4, 0.5) is 0 Å². The zero-order chi connectivity index (χ0) is 6.97. The largest absolute Gasteiger partial charge is 0.300 e. The molecule has 0 aliphatic carbocycles. The van der Waals surface area contributed by atoms with Crippen LogP contribution in [0.15, 0.2) is 18.6 Å². The molecule has 0 aromatic carbocycles. The van der Waals surface area contributed by atoms with Crippen molar-refractivity contribution in [1.29, 1.82) is 0 Å². The third-order valence-corrected chi connectivity index (χ3v) is 1.44. The Balaban J connectivity index is 2.93. The number of aryl methyl sites for hydroxylation is 1. The predicted molar refractivity (Wildman–Crippen MR) is 36.6 cm³/mol. The quantitative estimate of drug-likeness (QED) is 0.531. The average molecular weight is 132 g/mol. The van der Waals surface area contributed by atoms with Gasteiger partial charge in [0.15, 0.2) is 0 Å². The SMILES string of the molecule is Cc1n[c]c2cnccn12. The van der Waals surface area contributed by atoms with Crippen molar-refractivity contribution in [3.05, 3.63) is 30.6 Å². The van der Waals surface area contributed by atoms with Crippen molar-refractivity contribution in [3.63, 3.8) is 0 Å². The van der Waals surface area contributed by atoms with E-state index in [-0.39, 0.29) is 0 Å². The van der Waals surface area contributed by atoms with E-state index in [9.17, 15) is 0 Å². The van der Waals surface area contributed by atoms with Gasteiger partial charge in [-0.05, 0) is 6.92 Å². The summed E-state index contributed by atoms with van der Waals surface area (Å²) in [5, 5.41) is 0. The second-order valence-corrected chi connectivity index (χ2v) is 2.10. The maximum Gasteiger partial charge on any atom is 0.119 e. The summed E-state index contributed by atoms with van der Waals surface area (Å²) in [6.45, 7) is 1.93. The highest BCUT2D eigenvalue weighted by Gasteiger charge is 1.94. The van der Waals surface area contributed by atoms with Crippen molar-refractivity contribution in [2.24, 2.45) is 0 Å². The van der Waals surface area contributed by atoms with E-state index < -0.39 is 0 Å². The van der Waals surface area contributed by atoms with Gasteiger partial charge in [-0.25, -0.2) is 4.98 Å². The molecule has 2 heterocycles. The van der Waals surface area contributed by atoms with Gasteiger partial charge in [0.05, 0.1) is 11.7 Å². The number of fused-ring (bicyclic) bond motifs is 1. The molecule has 2 rings (SSSR count). The highest BCUT2D eigenvalue weighted by molar-refractivity contribution is 5.41. The molecule has 2 aromatic rings. The summed E-state index contributed by atoms with van der Waals surface area (Å²) < 4.78 is 1.94. The van der Waals surface area contributed by atoms with E-state index in [4.69, 9.17) is 0 Å².